The zero-order valence-electron chi connectivity index (χ0n) is 9.18. The standard InChI is InChI=1S/C13H21N/c1-2-3-10-14-13-7-5-4-6-12(13)11-8-9-11/h11-14H,4-10H2,1H3. The first kappa shape index (κ1) is 10.1. The minimum absolute atomic E-state index is 0.775. The third-order valence-electron chi connectivity index (χ3n) is 3.68. The highest BCUT2D eigenvalue weighted by atomic mass is 14.9. The molecule has 2 aliphatic carbocycles. The van der Waals surface area contributed by atoms with Gasteiger partial charge in [-0.2, -0.15) is 0 Å². The molecule has 0 radical (unpaired) electrons. The van der Waals surface area contributed by atoms with Crippen molar-refractivity contribution in [1.29, 1.82) is 0 Å². The van der Waals surface area contributed by atoms with Gasteiger partial charge in [0.15, 0.2) is 0 Å². The van der Waals surface area contributed by atoms with Crippen molar-refractivity contribution in [3.63, 3.8) is 0 Å². The van der Waals surface area contributed by atoms with Crippen LogP contribution in [0.2, 0.25) is 0 Å². The van der Waals surface area contributed by atoms with Crippen molar-refractivity contribution in [2.45, 2.75) is 51.5 Å². The van der Waals surface area contributed by atoms with Gasteiger partial charge in [0.25, 0.3) is 0 Å². The summed E-state index contributed by atoms with van der Waals surface area (Å²) in [7, 11) is 0. The van der Waals surface area contributed by atoms with E-state index in [9.17, 15) is 0 Å². The van der Waals surface area contributed by atoms with Crippen LogP contribution in [0.5, 0.6) is 0 Å². The van der Waals surface area contributed by atoms with Gasteiger partial charge in [-0.15, -0.1) is 5.92 Å². The maximum atomic E-state index is 3.62. The Morgan fingerprint density at radius 2 is 1.93 bits per heavy atom. The summed E-state index contributed by atoms with van der Waals surface area (Å²) in [6, 6.07) is 0.775. The van der Waals surface area contributed by atoms with Crippen molar-refractivity contribution >= 4 is 0 Å². The number of hydrogen-bond donors (Lipinski definition) is 1. The summed E-state index contributed by atoms with van der Waals surface area (Å²) >= 11 is 0. The van der Waals surface area contributed by atoms with Crippen LogP contribution in [-0.2, 0) is 0 Å². The summed E-state index contributed by atoms with van der Waals surface area (Å²) < 4.78 is 0. The van der Waals surface area contributed by atoms with E-state index in [0.29, 0.717) is 0 Å². The molecule has 0 spiro atoms. The number of hydrogen-bond acceptors (Lipinski definition) is 1. The third-order valence-corrected chi connectivity index (χ3v) is 3.68. The van der Waals surface area contributed by atoms with Gasteiger partial charge < -0.3 is 5.32 Å². The zero-order valence-corrected chi connectivity index (χ0v) is 9.18. The molecule has 1 N–H and O–H groups in total. The van der Waals surface area contributed by atoms with Crippen LogP contribution in [0.4, 0.5) is 0 Å². The largest absolute Gasteiger partial charge is 0.303 e. The minimum Gasteiger partial charge on any atom is -0.303 e. The first-order chi connectivity index (χ1) is 6.92. The molecular formula is C13H21N. The first-order valence-electron chi connectivity index (χ1n) is 6.05. The third kappa shape index (κ3) is 2.51. The predicted octanol–water partition coefficient (Wildman–Crippen LogP) is 2.57. The van der Waals surface area contributed by atoms with Gasteiger partial charge in [-0.05, 0) is 44.4 Å². The van der Waals surface area contributed by atoms with Crippen LogP contribution in [-0.4, -0.2) is 12.6 Å². The highest BCUT2D eigenvalue weighted by Crippen LogP contribution is 2.43. The van der Waals surface area contributed by atoms with Crippen molar-refractivity contribution in [3.8, 4) is 11.8 Å². The summed E-state index contributed by atoms with van der Waals surface area (Å²) in [5.74, 6) is 8.10. The molecule has 1 heteroatoms. The fourth-order valence-corrected chi connectivity index (χ4v) is 2.77. The molecule has 0 aromatic rings. The van der Waals surface area contributed by atoms with Crippen LogP contribution in [0.1, 0.15) is 45.4 Å². The van der Waals surface area contributed by atoms with Crippen LogP contribution in [0.3, 0.4) is 0 Å². The van der Waals surface area contributed by atoms with E-state index in [0.717, 1.165) is 24.4 Å². The van der Waals surface area contributed by atoms with E-state index in [-0.39, 0.29) is 0 Å². The lowest BCUT2D eigenvalue weighted by molar-refractivity contribution is 0.242. The van der Waals surface area contributed by atoms with Gasteiger partial charge in [-0.1, -0.05) is 18.8 Å². The van der Waals surface area contributed by atoms with E-state index in [1.807, 2.05) is 6.92 Å². The van der Waals surface area contributed by atoms with Gasteiger partial charge in [-0.3, -0.25) is 0 Å². The molecule has 2 saturated carbocycles. The van der Waals surface area contributed by atoms with E-state index < -0.39 is 0 Å². The number of nitrogens with one attached hydrogen (secondary N) is 1. The van der Waals surface area contributed by atoms with E-state index in [1.165, 1.54) is 38.5 Å². The van der Waals surface area contributed by atoms with E-state index in [1.54, 1.807) is 0 Å². The molecule has 78 valence electrons. The van der Waals surface area contributed by atoms with Gasteiger partial charge in [0, 0.05) is 6.04 Å². The molecule has 0 bridgehead atoms. The van der Waals surface area contributed by atoms with Crippen LogP contribution < -0.4 is 5.32 Å². The fraction of sp³-hybridized carbons (Fsp3) is 0.846. The molecular weight excluding hydrogens is 170 g/mol. The second kappa shape index (κ2) is 4.84. The topological polar surface area (TPSA) is 12.0 Å². The zero-order chi connectivity index (χ0) is 9.80. The van der Waals surface area contributed by atoms with Gasteiger partial charge in [0.1, 0.15) is 0 Å². The quantitative estimate of drug-likeness (QED) is 0.676. The summed E-state index contributed by atoms with van der Waals surface area (Å²) in [6.07, 6.45) is 8.69. The van der Waals surface area contributed by atoms with Crippen molar-refractivity contribution < 1.29 is 0 Å². The monoisotopic (exact) mass is 191 g/mol. The average molecular weight is 191 g/mol. The second-order valence-corrected chi connectivity index (χ2v) is 4.70. The molecule has 2 atom stereocenters. The molecule has 1 nitrogen and oxygen atoms in total. The summed E-state index contributed by atoms with van der Waals surface area (Å²) in [5.41, 5.74) is 0. The first-order valence-corrected chi connectivity index (χ1v) is 6.05. The molecule has 0 aliphatic heterocycles. The Morgan fingerprint density at radius 1 is 1.14 bits per heavy atom. The summed E-state index contributed by atoms with van der Waals surface area (Å²) in [5, 5.41) is 3.62. The van der Waals surface area contributed by atoms with Gasteiger partial charge in [0.2, 0.25) is 0 Å². The van der Waals surface area contributed by atoms with E-state index >= 15 is 0 Å². The lowest BCUT2D eigenvalue weighted by Crippen LogP contribution is -2.39. The van der Waals surface area contributed by atoms with Crippen molar-refractivity contribution in [2.24, 2.45) is 11.8 Å². The van der Waals surface area contributed by atoms with Crippen LogP contribution in [0, 0.1) is 23.7 Å². The molecule has 0 aromatic carbocycles. The predicted molar refractivity (Wildman–Crippen MR) is 59.9 cm³/mol. The molecule has 0 heterocycles. The van der Waals surface area contributed by atoms with E-state index in [2.05, 4.69) is 17.2 Å². The van der Waals surface area contributed by atoms with Crippen molar-refractivity contribution in [2.75, 3.05) is 6.54 Å². The van der Waals surface area contributed by atoms with Crippen LogP contribution >= 0.6 is 0 Å². The average Bonchev–Trinajstić information content (AvgIpc) is 3.03. The Morgan fingerprint density at radius 3 is 2.64 bits per heavy atom. The molecule has 2 unspecified atom stereocenters. The Labute approximate surface area is 87.7 Å². The summed E-state index contributed by atoms with van der Waals surface area (Å²) in [6.45, 7) is 2.81. The molecule has 0 amide bonds. The molecule has 2 aliphatic rings. The normalized spacial score (nSPS) is 32.1. The van der Waals surface area contributed by atoms with Gasteiger partial charge >= 0.3 is 0 Å². The van der Waals surface area contributed by atoms with Crippen molar-refractivity contribution in [1.82, 2.24) is 5.32 Å². The molecule has 0 aromatic heterocycles. The minimum atomic E-state index is 0.775. The molecule has 0 saturated heterocycles. The Hall–Kier alpha value is -0.480. The van der Waals surface area contributed by atoms with E-state index in [4.69, 9.17) is 0 Å². The van der Waals surface area contributed by atoms with Crippen LogP contribution in [0.25, 0.3) is 0 Å². The highest BCUT2D eigenvalue weighted by Gasteiger charge is 2.37. The molecule has 2 fully saturated rings. The fourth-order valence-electron chi connectivity index (χ4n) is 2.77. The van der Waals surface area contributed by atoms with Crippen LogP contribution in [0.15, 0.2) is 0 Å². The lowest BCUT2D eigenvalue weighted by atomic mass is 9.81. The van der Waals surface area contributed by atoms with Gasteiger partial charge in [-0.25, -0.2) is 0 Å². The Bertz CT molecular complexity index is 231. The highest BCUT2D eigenvalue weighted by molar-refractivity contribution is 4.99. The number of rotatable bonds is 3. The Kier molecular flexibility index (Phi) is 3.48. The van der Waals surface area contributed by atoms with Gasteiger partial charge in [0.05, 0.1) is 6.54 Å². The summed E-state index contributed by atoms with van der Waals surface area (Å²) in [4.78, 5) is 0. The molecule has 14 heavy (non-hydrogen) atoms. The SMILES string of the molecule is CC#CCNC1CCCCC1C1CC1. The smallest absolute Gasteiger partial charge is 0.0578 e. The Balaban J connectivity index is 1.81. The van der Waals surface area contributed by atoms with Crippen molar-refractivity contribution in [3.05, 3.63) is 0 Å². The maximum absolute atomic E-state index is 3.62. The second-order valence-electron chi connectivity index (χ2n) is 4.70. The lowest BCUT2D eigenvalue weighted by Gasteiger charge is -2.32. The molecule has 2 rings (SSSR count). The maximum Gasteiger partial charge on any atom is 0.0578 e.